The number of aromatic nitrogens is 3. The number of anilines is 1. The van der Waals surface area contributed by atoms with E-state index < -0.39 is 5.82 Å². The van der Waals surface area contributed by atoms with Crippen molar-refractivity contribution < 1.29 is 14.0 Å². The molecule has 43 heavy (non-hydrogen) atoms. The van der Waals surface area contributed by atoms with Crippen LogP contribution in [-0.2, 0) is 4.79 Å². The monoisotopic (exact) mass is 594 g/mol. The molecule has 2 aromatic heterocycles. The minimum absolute atomic E-state index is 0.0394. The highest BCUT2D eigenvalue weighted by Gasteiger charge is 2.48. The SMILES string of the molecule is N#CCCCCC(=O)N1CCC(C2CCNC3(CCCCCCCCC3)C2NC(=O)c2c(N)nn3cc(F)cnc23)CC1. The number of hydrogen-bond donors (Lipinski definition) is 3. The summed E-state index contributed by atoms with van der Waals surface area (Å²) in [5.41, 5.74) is 6.43. The van der Waals surface area contributed by atoms with Crippen LogP contribution in [0.15, 0.2) is 12.4 Å². The average Bonchev–Trinajstić information content (AvgIpc) is 3.34. The zero-order chi connectivity index (χ0) is 30.2. The third-order valence-electron chi connectivity index (χ3n) is 10.1. The molecule has 1 spiro atoms. The molecule has 4 heterocycles. The molecule has 234 valence electrons. The summed E-state index contributed by atoms with van der Waals surface area (Å²) in [6.07, 6.45) is 18.0. The number of carbonyl (C=O) groups is 2. The van der Waals surface area contributed by atoms with Crippen molar-refractivity contribution in [3.8, 4) is 6.07 Å². The van der Waals surface area contributed by atoms with Crippen LogP contribution in [0.4, 0.5) is 10.2 Å². The van der Waals surface area contributed by atoms with E-state index in [0.717, 1.165) is 83.6 Å². The molecular weight excluding hydrogens is 547 g/mol. The lowest BCUT2D eigenvalue weighted by atomic mass is 9.65. The molecule has 5 rings (SSSR count). The van der Waals surface area contributed by atoms with Crippen LogP contribution in [0.5, 0.6) is 0 Å². The molecule has 0 radical (unpaired) electrons. The maximum absolute atomic E-state index is 14.0. The van der Waals surface area contributed by atoms with E-state index in [1.54, 1.807) is 0 Å². The number of nitrogens with zero attached hydrogens (tertiary/aromatic N) is 5. The van der Waals surface area contributed by atoms with Gasteiger partial charge in [0.05, 0.1) is 24.5 Å². The Labute approximate surface area is 254 Å². The van der Waals surface area contributed by atoms with Crippen LogP contribution < -0.4 is 16.4 Å². The predicted octanol–water partition coefficient (Wildman–Crippen LogP) is 4.74. The smallest absolute Gasteiger partial charge is 0.259 e. The topological polar surface area (TPSA) is 141 Å². The molecule has 1 saturated carbocycles. The first-order valence-electron chi connectivity index (χ1n) is 16.4. The quantitative estimate of drug-likeness (QED) is 0.393. The van der Waals surface area contributed by atoms with Crippen molar-refractivity contribution in [1.82, 2.24) is 30.1 Å². The molecule has 0 aromatic carbocycles. The summed E-state index contributed by atoms with van der Waals surface area (Å²) in [7, 11) is 0. The number of amides is 2. The first kappa shape index (κ1) is 31.2. The van der Waals surface area contributed by atoms with Crippen molar-refractivity contribution in [2.45, 2.75) is 114 Å². The van der Waals surface area contributed by atoms with Gasteiger partial charge in [0.2, 0.25) is 5.91 Å². The third kappa shape index (κ3) is 7.28. The number of nitrogens with one attached hydrogen (secondary N) is 2. The van der Waals surface area contributed by atoms with E-state index in [2.05, 4.69) is 26.8 Å². The molecule has 0 bridgehead atoms. The summed E-state index contributed by atoms with van der Waals surface area (Å²) in [5, 5.41) is 20.3. The highest BCUT2D eigenvalue weighted by atomic mass is 19.1. The maximum Gasteiger partial charge on any atom is 0.259 e. The first-order chi connectivity index (χ1) is 20.9. The number of nitrogen functional groups attached to an aromatic ring is 1. The summed E-state index contributed by atoms with van der Waals surface area (Å²) in [4.78, 5) is 33.0. The van der Waals surface area contributed by atoms with E-state index in [0.29, 0.717) is 18.8 Å². The van der Waals surface area contributed by atoms with E-state index >= 15 is 0 Å². The highest BCUT2D eigenvalue weighted by Crippen LogP contribution is 2.41. The minimum Gasteiger partial charge on any atom is -0.381 e. The lowest BCUT2D eigenvalue weighted by molar-refractivity contribution is -0.133. The molecule has 2 aliphatic heterocycles. The second kappa shape index (κ2) is 14.5. The Bertz CT molecular complexity index is 1290. The van der Waals surface area contributed by atoms with Gasteiger partial charge in [-0.25, -0.2) is 13.9 Å². The van der Waals surface area contributed by atoms with Crippen molar-refractivity contribution in [3.05, 3.63) is 23.8 Å². The summed E-state index contributed by atoms with van der Waals surface area (Å²) < 4.78 is 15.1. The molecule has 3 fully saturated rings. The van der Waals surface area contributed by atoms with Gasteiger partial charge in [0.1, 0.15) is 5.56 Å². The Morgan fingerprint density at radius 3 is 2.49 bits per heavy atom. The van der Waals surface area contributed by atoms with Gasteiger partial charge in [-0.1, -0.05) is 44.9 Å². The Kier molecular flexibility index (Phi) is 10.5. The summed E-state index contributed by atoms with van der Waals surface area (Å²) in [5.74, 6) is 0.00311. The van der Waals surface area contributed by atoms with Gasteiger partial charge in [0, 0.05) is 31.5 Å². The zero-order valence-electron chi connectivity index (χ0n) is 25.3. The van der Waals surface area contributed by atoms with E-state index in [1.165, 1.54) is 42.8 Å². The largest absolute Gasteiger partial charge is 0.381 e. The van der Waals surface area contributed by atoms with Gasteiger partial charge in [-0.2, -0.15) is 5.26 Å². The summed E-state index contributed by atoms with van der Waals surface area (Å²) in [6, 6.07) is 2.04. The van der Waals surface area contributed by atoms with Gasteiger partial charge in [-0.3, -0.25) is 9.59 Å². The number of nitrogens with two attached hydrogens (primary N) is 1. The van der Waals surface area contributed by atoms with E-state index in [4.69, 9.17) is 11.0 Å². The Balaban J connectivity index is 1.37. The minimum atomic E-state index is -0.550. The van der Waals surface area contributed by atoms with Crippen molar-refractivity contribution in [2.24, 2.45) is 11.8 Å². The Hall–Kier alpha value is -3.26. The predicted molar refractivity (Wildman–Crippen MR) is 162 cm³/mol. The van der Waals surface area contributed by atoms with Gasteiger partial charge in [0.15, 0.2) is 17.3 Å². The molecule has 2 saturated heterocycles. The summed E-state index contributed by atoms with van der Waals surface area (Å²) >= 11 is 0. The Morgan fingerprint density at radius 2 is 1.79 bits per heavy atom. The molecule has 10 nitrogen and oxygen atoms in total. The number of rotatable bonds is 7. The number of likely N-dealkylation sites (tertiary alicyclic amines) is 1. The van der Waals surface area contributed by atoms with Gasteiger partial charge in [0.25, 0.3) is 5.91 Å². The van der Waals surface area contributed by atoms with Crippen molar-refractivity contribution in [3.63, 3.8) is 0 Å². The van der Waals surface area contributed by atoms with Crippen LogP contribution in [0.25, 0.3) is 5.65 Å². The van der Waals surface area contributed by atoms with Gasteiger partial charge in [-0.15, -0.1) is 5.10 Å². The lowest BCUT2D eigenvalue weighted by Gasteiger charge is -2.53. The highest BCUT2D eigenvalue weighted by molar-refractivity contribution is 6.04. The summed E-state index contributed by atoms with van der Waals surface area (Å²) in [6.45, 7) is 2.38. The van der Waals surface area contributed by atoms with Crippen molar-refractivity contribution >= 4 is 23.3 Å². The fraction of sp³-hybridized carbons (Fsp3) is 0.719. The van der Waals surface area contributed by atoms with Gasteiger partial charge < -0.3 is 21.3 Å². The number of hydrogen-bond acceptors (Lipinski definition) is 7. The van der Waals surface area contributed by atoms with Crippen LogP contribution >= 0.6 is 0 Å². The maximum atomic E-state index is 14.0. The standard InChI is InChI=1S/C32H47FN8O2/c33-24-21-36-30-27(29(35)39-41(30)22-24)31(43)38-28-25(12-18-37-32(28)15-8-4-2-1-3-5-9-16-32)23-13-19-40(20-14-23)26(42)11-7-6-10-17-34/h21-23,25,28,37H,1-16,18-20H2,(H2,35,39)(H,38,43). The van der Waals surface area contributed by atoms with E-state index in [9.17, 15) is 14.0 Å². The van der Waals surface area contributed by atoms with Crippen LogP contribution in [0.1, 0.15) is 113 Å². The lowest BCUT2D eigenvalue weighted by Crippen LogP contribution is -2.68. The molecule has 11 heteroatoms. The van der Waals surface area contributed by atoms with Crippen LogP contribution in [0, 0.1) is 29.0 Å². The second-order valence-corrected chi connectivity index (χ2v) is 12.8. The molecule has 2 amide bonds. The number of carbonyl (C=O) groups excluding carboxylic acids is 2. The zero-order valence-corrected chi connectivity index (χ0v) is 25.3. The molecule has 2 atom stereocenters. The van der Waals surface area contributed by atoms with Crippen LogP contribution in [0.3, 0.4) is 0 Å². The fourth-order valence-corrected chi connectivity index (χ4v) is 7.88. The van der Waals surface area contributed by atoms with Crippen molar-refractivity contribution in [2.75, 3.05) is 25.4 Å². The number of unbranched alkanes of at least 4 members (excludes halogenated alkanes) is 2. The average molecular weight is 595 g/mol. The van der Waals surface area contributed by atoms with Crippen LogP contribution in [0.2, 0.25) is 0 Å². The van der Waals surface area contributed by atoms with E-state index in [1.807, 2.05) is 4.90 Å². The normalized spacial score (nSPS) is 23.6. The molecule has 4 N–H and O–H groups in total. The first-order valence-corrected chi connectivity index (χ1v) is 16.4. The fourth-order valence-electron chi connectivity index (χ4n) is 7.88. The molecule has 1 aliphatic carbocycles. The van der Waals surface area contributed by atoms with Gasteiger partial charge >= 0.3 is 0 Å². The molecule has 2 unspecified atom stereocenters. The second-order valence-electron chi connectivity index (χ2n) is 12.8. The van der Waals surface area contributed by atoms with Crippen LogP contribution in [-0.4, -0.2) is 62.5 Å². The number of piperidine rings is 2. The number of halogens is 1. The Morgan fingerprint density at radius 1 is 1.09 bits per heavy atom. The third-order valence-corrected chi connectivity index (χ3v) is 10.1. The van der Waals surface area contributed by atoms with Crippen molar-refractivity contribution in [1.29, 1.82) is 5.26 Å². The number of nitriles is 1. The number of fused-ring (bicyclic) bond motifs is 1. The van der Waals surface area contributed by atoms with Gasteiger partial charge in [-0.05, 0) is 63.3 Å². The molecular formula is C32H47FN8O2. The molecule has 3 aliphatic rings. The molecule has 2 aromatic rings. The van der Waals surface area contributed by atoms with E-state index in [-0.39, 0.29) is 46.3 Å².